The quantitative estimate of drug-likeness (QED) is 0.856. The Morgan fingerprint density at radius 3 is 2.72 bits per heavy atom. The van der Waals surface area contributed by atoms with Crippen LogP contribution in [0.3, 0.4) is 0 Å². The number of hydrogen-bond acceptors (Lipinski definition) is 4. The van der Waals surface area contributed by atoms with Gasteiger partial charge in [0.1, 0.15) is 0 Å². The van der Waals surface area contributed by atoms with Crippen molar-refractivity contribution >= 4 is 0 Å². The molecule has 134 valence electrons. The average molecular weight is 341 g/mol. The highest BCUT2D eigenvalue weighted by atomic mass is 16.5. The fraction of sp³-hybridized carbons (Fsp3) is 0.550. The van der Waals surface area contributed by atoms with Crippen molar-refractivity contribution in [1.29, 1.82) is 0 Å². The summed E-state index contributed by atoms with van der Waals surface area (Å²) < 4.78 is 13.1. The van der Waals surface area contributed by atoms with E-state index in [1.165, 1.54) is 24.8 Å². The molecule has 1 saturated heterocycles. The highest BCUT2D eigenvalue weighted by Crippen LogP contribution is 2.51. The molecule has 2 aliphatic rings. The molecule has 1 aliphatic carbocycles. The third-order valence-corrected chi connectivity index (χ3v) is 6.36. The Morgan fingerprint density at radius 2 is 2.00 bits per heavy atom. The zero-order valence-corrected chi connectivity index (χ0v) is 15.3. The van der Waals surface area contributed by atoms with Gasteiger partial charge in [-0.05, 0) is 63.0 Å². The van der Waals surface area contributed by atoms with E-state index in [2.05, 4.69) is 46.1 Å². The van der Waals surface area contributed by atoms with Gasteiger partial charge in [0, 0.05) is 23.9 Å². The fourth-order valence-corrected chi connectivity index (χ4v) is 4.98. The Morgan fingerprint density at radius 1 is 1.16 bits per heavy atom. The summed E-state index contributed by atoms with van der Waals surface area (Å²) in [5, 5.41) is 4.49. The lowest BCUT2D eigenvalue weighted by molar-refractivity contribution is 0.138. The Labute approximate surface area is 149 Å². The average Bonchev–Trinajstić information content (AvgIpc) is 3.30. The number of hydrogen-bond donors (Lipinski definition) is 0. The Balaban J connectivity index is 1.68. The number of fused-ring (bicyclic) bond motifs is 1. The zero-order chi connectivity index (χ0) is 17.4. The SMILES string of the molecule is COc1ccc([C@@]23CC[C@H](n4cccn4)C[C@@H]2N(C)CC3)cc1OC. The second kappa shape index (κ2) is 6.37. The van der Waals surface area contributed by atoms with Gasteiger partial charge in [-0.15, -0.1) is 0 Å². The van der Waals surface area contributed by atoms with Gasteiger partial charge in [-0.3, -0.25) is 4.68 Å². The molecule has 5 heteroatoms. The smallest absolute Gasteiger partial charge is 0.161 e. The summed E-state index contributed by atoms with van der Waals surface area (Å²) in [6.07, 6.45) is 8.68. The maximum atomic E-state index is 5.57. The van der Waals surface area contributed by atoms with E-state index in [9.17, 15) is 0 Å². The molecule has 0 bridgehead atoms. The normalized spacial score (nSPS) is 29.4. The molecule has 1 aliphatic heterocycles. The van der Waals surface area contributed by atoms with E-state index >= 15 is 0 Å². The molecule has 2 aromatic rings. The number of methoxy groups -OCH3 is 2. The van der Waals surface area contributed by atoms with Crippen molar-refractivity contribution in [3.63, 3.8) is 0 Å². The summed E-state index contributed by atoms with van der Waals surface area (Å²) in [6.45, 7) is 1.14. The van der Waals surface area contributed by atoms with Gasteiger partial charge >= 0.3 is 0 Å². The minimum absolute atomic E-state index is 0.206. The molecule has 5 nitrogen and oxygen atoms in total. The highest BCUT2D eigenvalue weighted by molar-refractivity contribution is 5.46. The molecular formula is C20H27N3O2. The predicted octanol–water partition coefficient (Wildman–Crippen LogP) is 3.27. The number of aromatic nitrogens is 2. The maximum Gasteiger partial charge on any atom is 0.161 e. The molecule has 2 heterocycles. The fourth-order valence-electron chi connectivity index (χ4n) is 4.98. The summed E-state index contributed by atoms with van der Waals surface area (Å²) in [5.74, 6) is 1.63. The standard InChI is InChI=1S/C20H27N3O2/c1-22-12-9-20(15-5-6-17(24-2)18(13-15)25-3)8-7-16(14-19(20)22)23-11-4-10-21-23/h4-6,10-11,13,16,19H,7-9,12,14H2,1-3H3/t16-,19-,20-/m0/s1. The van der Waals surface area contributed by atoms with Gasteiger partial charge in [-0.2, -0.15) is 5.10 Å². The lowest BCUT2D eigenvalue weighted by atomic mass is 9.65. The molecule has 2 fully saturated rings. The number of nitrogens with zero attached hydrogens (tertiary/aromatic N) is 3. The second-order valence-electron chi connectivity index (χ2n) is 7.39. The first-order chi connectivity index (χ1) is 12.2. The van der Waals surface area contributed by atoms with Gasteiger partial charge in [-0.1, -0.05) is 6.07 Å². The first kappa shape index (κ1) is 16.5. The van der Waals surface area contributed by atoms with Crippen LogP contribution in [0.2, 0.25) is 0 Å². The molecular weight excluding hydrogens is 314 g/mol. The van der Waals surface area contributed by atoms with Gasteiger partial charge in [0.05, 0.1) is 20.3 Å². The van der Waals surface area contributed by atoms with Crippen LogP contribution >= 0.6 is 0 Å². The van der Waals surface area contributed by atoms with Crippen LogP contribution in [0.15, 0.2) is 36.7 Å². The van der Waals surface area contributed by atoms with Crippen LogP contribution < -0.4 is 9.47 Å². The molecule has 0 spiro atoms. The molecule has 4 rings (SSSR count). The Hall–Kier alpha value is -2.01. The molecule has 1 aromatic heterocycles. The van der Waals surface area contributed by atoms with Crippen molar-refractivity contribution in [1.82, 2.24) is 14.7 Å². The maximum absolute atomic E-state index is 5.57. The van der Waals surface area contributed by atoms with E-state index < -0.39 is 0 Å². The predicted molar refractivity (Wildman–Crippen MR) is 97.4 cm³/mol. The number of benzene rings is 1. The van der Waals surface area contributed by atoms with Crippen LogP contribution in [0.1, 0.15) is 37.3 Å². The minimum Gasteiger partial charge on any atom is -0.493 e. The zero-order valence-electron chi connectivity index (χ0n) is 15.3. The van der Waals surface area contributed by atoms with Crippen molar-refractivity contribution < 1.29 is 9.47 Å². The first-order valence-corrected chi connectivity index (χ1v) is 9.10. The molecule has 0 unspecified atom stereocenters. The third kappa shape index (κ3) is 2.61. The summed E-state index contributed by atoms with van der Waals surface area (Å²) >= 11 is 0. The number of ether oxygens (including phenoxy) is 2. The van der Waals surface area contributed by atoms with Gasteiger partial charge in [0.15, 0.2) is 11.5 Å². The topological polar surface area (TPSA) is 39.5 Å². The van der Waals surface area contributed by atoms with Crippen LogP contribution in [0, 0.1) is 0 Å². The van der Waals surface area contributed by atoms with Gasteiger partial charge < -0.3 is 14.4 Å². The van der Waals surface area contributed by atoms with Crippen LogP contribution in [-0.2, 0) is 5.41 Å². The number of likely N-dealkylation sites (N-methyl/N-ethyl adjacent to an activating group) is 1. The van der Waals surface area contributed by atoms with Gasteiger partial charge in [0.2, 0.25) is 0 Å². The number of likely N-dealkylation sites (tertiary alicyclic amines) is 1. The minimum atomic E-state index is 0.206. The van der Waals surface area contributed by atoms with Crippen molar-refractivity contribution in [2.45, 2.75) is 43.2 Å². The van der Waals surface area contributed by atoms with E-state index in [0.29, 0.717) is 12.1 Å². The first-order valence-electron chi connectivity index (χ1n) is 9.10. The molecule has 0 N–H and O–H groups in total. The Kier molecular flexibility index (Phi) is 4.20. The van der Waals surface area contributed by atoms with E-state index in [-0.39, 0.29) is 5.41 Å². The van der Waals surface area contributed by atoms with Crippen molar-refractivity contribution in [2.75, 3.05) is 27.8 Å². The summed E-state index contributed by atoms with van der Waals surface area (Å²) in [5.41, 5.74) is 1.59. The lowest BCUT2D eigenvalue weighted by Crippen LogP contribution is -2.46. The van der Waals surface area contributed by atoms with Crippen LogP contribution in [0.25, 0.3) is 0 Å². The largest absolute Gasteiger partial charge is 0.493 e. The van der Waals surface area contributed by atoms with Gasteiger partial charge in [0.25, 0.3) is 0 Å². The number of rotatable bonds is 4. The summed E-state index contributed by atoms with van der Waals surface area (Å²) in [6, 6.07) is 9.54. The Bertz CT molecular complexity index is 731. The second-order valence-corrected chi connectivity index (χ2v) is 7.39. The van der Waals surface area contributed by atoms with Crippen molar-refractivity contribution in [3.05, 3.63) is 42.2 Å². The molecule has 0 radical (unpaired) electrons. The molecule has 3 atom stereocenters. The molecule has 25 heavy (non-hydrogen) atoms. The summed E-state index contributed by atoms with van der Waals surface area (Å²) in [4.78, 5) is 2.53. The molecule has 0 amide bonds. The summed E-state index contributed by atoms with van der Waals surface area (Å²) in [7, 11) is 5.67. The van der Waals surface area contributed by atoms with E-state index in [1.807, 2.05) is 12.3 Å². The lowest BCUT2D eigenvalue weighted by Gasteiger charge is -2.44. The van der Waals surface area contributed by atoms with E-state index in [1.54, 1.807) is 14.2 Å². The molecule has 1 saturated carbocycles. The van der Waals surface area contributed by atoms with Gasteiger partial charge in [-0.25, -0.2) is 0 Å². The van der Waals surface area contributed by atoms with Crippen molar-refractivity contribution in [2.24, 2.45) is 0 Å². The monoisotopic (exact) mass is 341 g/mol. The highest BCUT2D eigenvalue weighted by Gasteiger charge is 2.50. The van der Waals surface area contributed by atoms with Crippen molar-refractivity contribution in [3.8, 4) is 11.5 Å². The van der Waals surface area contributed by atoms with E-state index in [4.69, 9.17) is 9.47 Å². The van der Waals surface area contributed by atoms with Crippen LogP contribution in [-0.4, -0.2) is 48.5 Å². The molecule has 1 aromatic carbocycles. The van der Waals surface area contributed by atoms with E-state index in [0.717, 1.165) is 24.5 Å². The third-order valence-electron chi connectivity index (χ3n) is 6.36. The van der Waals surface area contributed by atoms with Crippen LogP contribution in [0.5, 0.6) is 11.5 Å². The van der Waals surface area contributed by atoms with Crippen LogP contribution in [0.4, 0.5) is 0 Å².